The van der Waals surface area contributed by atoms with Crippen molar-refractivity contribution < 1.29 is 4.74 Å². The second-order valence-corrected chi connectivity index (χ2v) is 4.10. The first-order valence-electron chi connectivity index (χ1n) is 4.38. The number of halogens is 1. The molecule has 2 nitrogen and oxygen atoms in total. The largest absolute Gasteiger partial charge is 0.496 e. The van der Waals surface area contributed by atoms with Gasteiger partial charge in [0, 0.05) is 16.1 Å². The van der Waals surface area contributed by atoms with Crippen LogP contribution in [0.5, 0.6) is 5.75 Å². The van der Waals surface area contributed by atoms with Gasteiger partial charge in [0.15, 0.2) is 0 Å². The van der Waals surface area contributed by atoms with Crippen LogP contribution >= 0.6 is 15.9 Å². The third-order valence-corrected chi connectivity index (χ3v) is 2.89. The maximum absolute atomic E-state index is 5.31. The highest BCUT2D eigenvalue weighted by molar-refractivity contribution is 9.10. The van der Waals surface area contributed by atoms with Crippen molar-refractivity contribution in [1.82, 2.24) is 5.32 Å². The number of ether oxygens (including phenoxy) is 1. The molecular weight excluding hydrogens is 230 g/mol. The van der Waals surface area contributed by atoms with Gasteiger partial charge in [0.25, 0.3) is 0 Å². The summed E-state index contributed by atoms with van der Waals surface area (Å²) in [6.07, 6.45) is 1.21. The molecule has 1 aromatic carbocycles. The van der Waals surface area contributed by atoms with E-state index in [2.05, 4.69) is 33.4 Å². The van der Waals surface area contributed by atoms with E-state index in [1.807, 2.05) is 6.07 Å². The van der Waals surface area contributed by atoms with Gasteiger partial charge in [-0.2, -0.15) is 0 Å². The molecule has 1 saturated heterocycles. The van der Waals surface area contributed by atoms with Crippen LogP contribution in [0.3, 0.4) is 0 Å². The molecule has 0 amide bonds. The van der Waals surface area contributed by atoms with Crippen molar-refractivity contribution in [2.45, 2.75) is 12.5 Å². The molecule has 0 aliphatic carbocycles. The van der Waals surface area contributed by atoms with Crippen molar-refractivity contribution in [2.24, 2.45) is 0 Å². The van der Waals surface area contributed by atoms with Crippen molar-refractivity contribution in [3.63, 3.8) is 0 Å². The van der Waals surface area contributed by atoms with E-state index < -0.39 is 0 Å². The zero-order valence-electron chi connectivity index (χ0n) is 7.51. The predicted octanol–water partition coefficient (Wildman–Crippen LogP) is 2.49. The van der Waals surface area contributed by atoms with Gasteiger partial charge in [-0.05, 0) is 25.1 Å². The first-order valence-corrected chi connectivity index (χ1v) is 5.17. The number of rotatable bonds is 2. The van der Waals surface area contributed by atoms with Gasteiger partial charge in [0.2, 0.25) is 0 Å². The number of nitrogens with one attached hydrogen (secondary N) is 1. The number of hydrogen-bond acceptors (Lipinski definition) is 2. The molecule has 13 heavy (non-hydrogen) atoms. The Labute approximate surface area is 86.4 Å². The van der Waals surface area contributed by atoms with Gasteiger partial charge >= 0.3 is 0 Å². The first-order chi connectivity index (χ1) is 6.31. The number of hydrogen-bond donors (Lipinski definition) is 1. The standard InChI is InChI=1S/C10H12BrNO/c1-13-10-6-7(11)2-3-8(10)9-4-5-12-9/h2-3,6,9,12H,4-5H2,1H3. The van der Waals surface area contributed by atoms with Gasteiger partial charge < -0.3 is 10.1 Å². The Bertz CT molecular complexity index is 310. The second kappa shape index (κ2) is 3.68. The van der Waals surface area contributed by atoms with Crippen molar-refractivity contribution in [3.8, 4) is 5.75 Å². The lowest BCUT2D eigenvalue weighted by molar-refractivity contribution is 0.353. The van der Waals surface area contributed by atoms with Crippen molar-refractivity contribution in [3.05, 3.63) is 28.2 Å². The molecule has 1 aromatic rings. The molecule has 1 aliphatic heterocycles. The molecule has 1 heterocycles. The highest BCUT2D eigenvalue weighted by Gasteiger charge is 2.21. The van der Waals surface area contributed by atoms with E-state index in [9.17, 15) is 0 Å². The summed E-state index contributed by atoms with van der Waals surface area (Å²) >= 11 is 3.43. The van der Waals surface area contributed by atoms with Crippen LogP contribution < -0.4 is 10.1 Å². The monoisotopic (exact) mass is 241 g/mol. The summed E-state index contributed by atoms with van der Waals surface area (Å²) in [5.74, 6) is 0.964. The molecule has 1 aliphatic rings. The Hall–Kier alpha value is -0.540. The van der Waals surface area contributed by atoms with Crippen LogP contribution in [0, 0.1) is 0 Å². The lowest BCUT2D eigenvalue weighted by Crippen LogP contribution is -2.35. The Balaban J connectivity index is 2.32. The summed E-state index contributed by atoms with van der Waals surface area (Å²) in [4.78, 5) is 0. The van der Waals surface area contributed by atoms with E-state index in [4.69, 9.17) is 4.74 Å². The van der Waals surface area contributed by atoms with Crippen molar-refractivity contribution >= 4 is 15.9 Å². The smallest absolute Gasteiger partial charge is 0.124 e. The average Bonchev–Trinajstić information content (AvgIpc) is 2.05. The molecule has 0 spiro atoms. The summed E-state index contributed by atoms with van der Waals surface area (Å²) in [5.41, 5.74) is 1.26. The van der Waals surface area contributed by atoms with Crippen LogP contribution in [0.25, 0.3) is 0 Å². The molecule has 1 atom stereocenters. The maximum Gasteiger partial charge on any atom is 0.124 e. The Morgan fingerprint density at radius 2 is 2.31 bits per heavy atom. The summed E-state index contributed by atoms with van der Waals surface area (Å²) in [6.45, 7) is 1.11. The number of methoxy groups -OCH3 is 1. The fraction of sp³-hybridized carbons (Fsp3) is 0.400. The Morgan fingerprint density at radius 3 is 2.85 bits per heavy atom. The van der Waals surface area contributed by atoms with E-state index in [1.54, 1.807) is 7.11 Å². The zero-order chi connectivity index (χ0) is 9.26. The van der Waals surface area contributed by atoms with E-state index in [0.717, 1.165) is 16.8 Å². The van der Waals surface area contributed by atoms with E-state index in [-0.39, 0.29) is 0 Å². The summed E-state index contributed by atoms with van der Waals surface area (Å²) in [7, 11) is 1.71. The predicted molar refractivity (Wildman–Crippen MR) is 56.1 cm³/mol. The lowest BCUT2D eigenvalue weighted by Gasteiger charge is -2.29. The number of benzene rings is 1. The molecular formula is C10H12BrNO. The highest BCUT2D eigenvalue weighted by atomic mass is 79.9. The van der Waals surface area contributed by atoms with Crippen LogP contribution in [0.1, 0.15) is 18.0 Å². The van der Waals surface area contributed by atoms with E-state index in [1.165, 1.54) is 12.0 Å². The van der Waals surface area contributed by atoms with Gasteiger partial charge in [-0.3, -0.25) is 0 Å². The van der Waals surface area contributed by atoms with Crippen LogP contribution in [0.15, 0.2) is 22.7 Å². The molecule has 70 valence electrons. The molecule has 3 heteroatoms. The molecule has 0 saturated carbocycles. The third kappa shape index (κ3) is 1.71. The molecule has 0 aromatic heterocycles. The fourth-order valence-electron chi connectivity index (χ4n) is 1.53. The van der Waals surface area contributed by atoms with Gasteiger partial charge in [-0.1, -0.05) is 22.0 Å². The SMILES string of the molecule is COc1cc(Br)ccc1C1CCN1. The molecule has 1 N–H and O–H groups in total. The van der Waals surface area contributed by atoms with Crippen LogP contribution in [-0.4, -0.2) is 13.7 Å². The van der Waals surface area contributed by atoms with Crippen LogP contribution in [-0.2, 0) is 0 Å². The van der Waals surface area contributed by atoms with Crippen molar-refractivity contribution in [1.29, 1.82) is 0 Å². The minimum Gasteiger partial charge on any atom is -0.496 e. The van der Waals surface area contributed by atoms with Gasteiger partial charge in [-0.25, -0.2) is 0 Å². The summed E-state index contributed by atoms with van der Waals surface area (Å²) < 4.78 is 6.38. The lowest BCUT2D eigenvalue weighted by atomic mass is 9.97. The summed E-state index contributed by atoms with van der Waals surface area (Å²) in [5, 5.41) is 3.36. The molecule has 0 bridgehead atoms. The molecule has 1 unspecified atom stereocenters. The average molecular weight is 242 g/mol. The highest BCUT2D eigenvalue weighted by Crippen LogP contribution is 2.32. The Morgan fingerprint density at radius 1 is 1.54 bits per heavy atom. The van der Waals surface area contributed by atoms with Gasteiger partial charge in [0.1, 0.15) is 5.75 Å². The molecule has 0 radical (unpaired) electrons. The van der Waals surface area contributed by atoms with Crippen LogP contribution in [0.4, 0.5) is 0 Å². The Kier molecular flexibility index (Phi) is 2.56. The fourth-order valence-corrected chi connectivity index (χ4v) is 1.87. The quantitative estimate of drug-likeness (QED) is 0.860. The minimum atomic E-state index is 0.489. The minimum absolute atomic E-state index is 0.489. The first kappa shape index (κ1) is 9.03. The molecule has 2 rings (SSSR count). The van der Waals surface area contributed by atoms with E-state index >= 15 is 0 Å². The third-order valence-electron chi connectivity index (χ3n) is 2.39. The van der Waals surface area contributed by atoms with Gasteiger partial charge in [0.05, 0.1) is 7.11 Å². The second-order valence-electron chi connectivity index (χ2n) is 3.18. The van der Waals surface area contributed by atoms with Crippen LogP contribution in [0.2, 0.25) is 0 Å². The van der Waals surface area contributed by atoms with E-state index in [0.29, 0.717) is 6.04 Å². The van der Waals surface area contributed by atoms with Crippen molar-refractivity contribution in [2.75, 3.05) is 13.7 Å². The topological polar surface area (TPSA) is 21.3 Å². The van der Waals surface area contributed by atoms with Gasteiger partial charge in [-0.15, -0.1) is 0 Å². The summed E-state index contributed by atoms with van der Waals surface area (Å²) in [6, 6.07) is 6.66. The normalized spacial score (nSPS) is 20.9. The zero-order valence-corrected chi connectivity index (χ0v) is 9.10. The maximum atomic E-state index is 5.31. The molecule has 1 fully saturated rings.